The molecule has 5 unspecified atom stereocenters. The maximum Gasteiger partial charge on any atom is 0.405 e. The van der Waals surface area contributed by atoms with Crippen LogP contribution in [-0.2, 0) is 23.8 Å². The van der Waals surface area contributed by atoms with E-state index in [4.69, 9.17) is 14.2 Å². The Balaban J connectivity index is 1.43. The predicted molar refractivity (Wildman–Crippen MR) is 70.8 cm³/mol. The lowest BCUT2D eigenvalue weighted by molar-refractivity contribution is -0.900. The number of hydrogen-bond donors (Lipinski definition) is 1. The Morgan fingerprint density at radius 2 is 2.04 bits per heavy atom. The summed E-state index contributed by atoms with van der Waals surface area (Å²) in [6.45, 7) is 2.70. The van der Waals surface area contributed by atoms with Gasteiger partial charge in [0.05, 0.1) is 13.2 Å². The highest BCUT2D eigenvalue weighted by atomic mass is 19.4. The highest BCUT2D eigenvalue weighted by molar-refractivity contribution is 5.82. The second-order valence-corrected chi connectivity index (χ2v) is 7.14. The van der Waals surface area contributed by atoms with Gasteiger partial charge in [0.1, 0.15) is 25.3 Å². The van der Waals surface area contributed by atoms with E-state index in [0.29, 0.717) is 26.3 Å². The second kappa shape index (κ2) is 5.32. The van der Waals surface area contributed by atoms with E-state index in [1.54, 1.807) is 0 Å². The molecule has 2 saturated carbocycles. The number of quaternary nitrogens is 1. The smallest absolute Gasteiger partial charge is 0.405 e. The zero-order valence-electron chi connectivity index (χ0n) is 12.9. The second-order valence-electron chi connectivity index (χ2n) is 7.14. The van der Waals surface area contributed by atoms with Crippen LogP contribution < -0.4 is 4.90 Å². The van der Waals surface area contributed by atoms with Crippen LogP contribution in [0.4, 0.5) is 13.2 Å². The van der Waals surface area contributed by atoms with Crippen LogP contribution in [0.25, 0.3) is 0 Å². The van der Waals surface area contributed by atoms with E-state index in [9.17, 15) is 22.8 Å². The summed E-state index contributed by atoms with van der Waals surface area (Å²) in [4.78, 5) is 25.1. The summed E-state index contributed by atoms with van der Waals surface area (Å²) in [5.41, 5.74) is -2.39. The third-order valence-electron chi connectivity index (χ3n) is 5.93. The molecule has 2 aliphatic heterocycles. The van der Waals surface area contributed by atoms with Gasteiger partial charge in [0.15, 0.2) is 12.0 Å². The van der Waals surface area contributed by atoms with Crippen LogP contribution in [0, 0.1) is 17.3 Å². The largest absolute Gasteiger partial charge is 0.457 e. The number of morpholine rings is 1. The number of hydrogen-bond acceptors (Lipinski definition) is 5. The fourth-order valence-electron chi connectivity index (χ4n) is 4.79. The van der Waals surface area contributed by atoms with Crippen molar-refractivity contribution in [2.45, 2.75) is 31.2 Å². The molecule has 5 atom stereocenters. The first-order valence-electron chi connectivity index (χ1n) is 8.21. The minimum Gasteiger partial charge on any atom is -0.457 e. The van der Waals surface area contributed by atoms with Gasteiger partial charge in [0.25, 0.3) is 0 Å². The van der Waals surface area contributed by atoms with Crippen molar-refractivity contribution < 1.29 is 41.9 Å². The molecule has 0 aromatic rings. The predicted octanol–water partition coefficient (Wildman–Crippen LogP) is -0.673. The Morgan fingerprint density at radius 1 is 1.33 bits per heavy atom. The third-order valence-corrected chi connectivity index (χ3v) is 5.93. The molecule has 4 fully saturated rings. The van der Waals surface area contributed by atoms with Crippen molar-refractivity contribution in [3.05, 3.63) is 0 Å². The quantitative estimate of drug-likeness (QED) is 0.684. The summed E-state index contributed by atoms with van der Waals surface area (Å²) in [6.07, 6.45) is -6.44. The minimum atomic E-state index is -4.62. The molecule has 0 amide bonds. The highest BCUT2D eigenvalue weighted by Crippen LogP contribution is 2.67. The minimum absolute atomic E-state index is 0.155. The molecular formula is C15H19F3NO5+. The highest BCUT2D eigenvalue weighted by Gasteiger charge is 2.80. The van der Waals surface area contributed by atoms with Crippen LogP contribution >= 0.6 is 0 Å². The van der Waals surface area contributed by atoms with Crippen LogP contribution in [0.5, 0.6) is 0 Å². The number of rotatable bonds is 3. The average molecular weight is 350 g/mol. The number of halogens is 3. The van der Waals surface area contributed by atoms with Gasteiger partial charge in [-0.25, -0.2) is 4.79 Å². The Bertz CT molecular complexity index is 562. The molecule has 2 aliphatic carbocycles. The van der Waals surface area contributed by atoms with Crippen LogP contribution in [0.3, 0.4) is 0 Å². The number of carbonyl (C=O) groups excluding carboxylic acids is 2. The maximum absolute atomic E-state index is 13.4. The van der Waals surface area contributed by atoms with Gasteiger partial charge in [-0.15, -0.1) is 0 Å². The Morgan fingerprint density at radius 3 is 2.71 bits per heavy atom. The van der Waals surface area contributed by atoms with Crippen LogP contribution in [0.2, 0.25) is 0 Å². The molecule has 0 radical (unpaired) electrons. The van der Waals surface area contributed by atoms with Gasteiger partial charge in [0.2, 0.25) is 0 Å². The SMILES string of the molecule is O=C(C[NH+]1CCOCC1)OC1C2CC3C1OC(=O)C3(C(F)(F)F)C2. The standard InChI is InChI=1S/C15H18F3NO5/c16-15(17,18)14-6-8-5-9(14)12(24-13(14)21)11(8)23-10(20)7-19-1-3-22-4-2-19/h8-9,11-12H,1-7H2/p+1. The first-order chi connectivity index (χ1) is 11.3. The van der Waals surface area contributed by atoms with Gasteiger partial charge < -0.3 is 19.1 Å². The monoisotopic (exact) mass is 350 g/mol. The zero-order chi connectivity index (χ0) is 17.1. The first-order valence-corrected chi connectivity index (χ1v) is 8.21. The van der Waals surface area contributed by atoms with Crippen molar-refractivity contribution >= 4 is 11.9 Å². The molecular weight excluding hydrogens is 331 g/mol. The van der Waals surface area contributed by atoms with Crippen LogP contribution in [-0.4, -0.2) is 63.2 Å². The molecule has 1 N–H and O–H groups in total. The van der Waals surface area contributed by atoms with E-state index >= 15 is 0 Å². The molecule has 2 saturated heterocycles. The van der Waals surface area contributed by atoms with Crippen LogP contribution in [0.1, 0.15) is 12.8 Å². The maximum atomic E-state index is 13.4. The molecule has 134 valence electrons. The fraction of sp³-hybridized carbons (Fsp3) is 0.867. The number of esters is 2. The summed E-state index contributed by atoms with van der Waals surface area (Å²) in [6, 6.07) is 0. The van der Waals surface area contributed by atoms with E-state index in [-0.39, 0.29) is 19.4 Å². The number of alkyl halides is 3. The van der Waals surface area contributed by atoms with E-state index in [2.05, 4.69) is 0 Å². The average Bonchev–Trinajstić information content (AvgIpc) is 3.10. The molecule has 6 nitrogen and oxygen atoms in total. The summed E-state index contributed by atoms with van der Waals surface area (Å²) in [5.74, 6) is -3.05. The molecule has 0 aromatic heterocycles. The van der Waals surface area contributed by atoms with E-state index < -0.39 is 47.6 Å². The van der Waals surface area contributed by atoms with Gasteiger partial charge in [-0.3, -0.25) is 4.79 Å². The molecule has 24 heavy (non-hydrogen) atoms. The number of nitrogens with one attached hydrogen (secondary N) is 1. The molecule has 2 heterocycles. The van der Waals surface area contributed by atoms with Gasteiger partial charge in [-0.05, 0) is 12.8 Å². The Hall–Kier alpha value is -1.35. The third kappa shape index (κ3) is 2.17. The zero-order valence-corrected chi connectivity index (χ0v) is 12.9. The normalized spacial score (nSPS) is 41.5. The number of carbonyl (C=O) groups is 2. The van der Waals surface area contributed by atoms with Crippen molar-refractivity contribution in [3.63, 3.8) is 0 Å². The first kappa shape index (κ1) is 16.1. The van der Waals surface area contributed by atoms with Crippen molar-refractivity contribution in [3.8, 4) is 0 Å². The number of ether oxygens (including phenoxy) is 3. The molecule has 0 spiro atoms. The van der Waals surface area contributed by atoms with Gasteiger partial charge >= 0.3 is 18.1 Å². The summed E-state index contributed by atoms with van der Waals surface area (Å²) >= 11 is 0. The molecule has 2 bridgehead atoms. The topological polar surface area (TPSA) is 66.3 Å². The van der Waals surface area contributed by atoms with Gasteiger partial charge in [-0.1, -0.05) is 0 Å². The summed E-state index contributed by atoms with van der Waals surface area (Å²) in [5, 5.41) is 0. The van der Waals surface area contributed by atoms with Crippen molar-refractivity contribution in [1.29, 1.82) is 0 Å². The summed E-state index contributed by atoms with van der Waals surface area (Å²) in [7, 11) is 0. The Kier molecular flexibility index (Phi) is 3.58. The molecule has 0 aromatic carbocycles. The van der Waals surface area contributed by atoms with E-state index in [1.807, 2.05) is 0 Å². The van der Waals surface area contributed by atoms with Gasteiger partial charge in [-0.2, -0.15) is 13.2 Å². The number of fused-ring (bicyclic) bond motifs is 1. The van der Waals surface area contributed by atoms with Crippen LogP contribution in [0.15, 0.2) is 0 Å². The van der Waals surface area contributed by atoms with E-state index in [1.165, 1.54) is 0 Å². The van der Waals surface area contributed by atoms with Gasteiger partial charge in [0, 0.05) is 11.8 Å². The van der Waals surface area contributed by atoms with Crippen molar-refractivity contribution in [2.24, 2.45) is 17.3 Å². The lowest BCUT2D eigenvalue weighted by Gasteiger charge is -2.33. The van der Waals surface area contributed by atoms with Crippen molar-refractivity contribution in [2.75, 3.05) is 32.8 Å². The van der Waals surface area contributed by atoms with Crippen molar-refractivity contribution in [1.82, 2.24) is 0 Å². The Labute approximate surface area is 136 Å². The lowest BCUT2D eigenvalue weighted by atomic mass is 9.73. The summed E-state index contributed by atoms with van der Waals surface area (Å²) < 4.78 is 55.9. The van der Waals surface area contributed by atoms with E-state index in [0.717, 1.165) is 4.90 Å². The molecule has 4 aliphatic rings. The molecule has 4 rings (SSSR count). The lowest BCUT2D eigenvalue weighted by Crippen LogP contribution is -3.15. The fourth-order valence-corrected chi connectivity index (χ4v) is 4.79. The molecule has 9 heteroatoms.